The molecular weight excluding hydrogens is 467 g/mol. The van der Waals surface area contributed by atoms with Gasteiger partial charge in [0.15, 0.2) is 5.01 Å². The number of hydrogen-bond acceptors (Lipinski definition) is 7. The van der Waals surface area contributed by atoms with Gasteiger partial charge in [-0.15, -0.1) is 10.2 Å². The van der Waals surface area contributed by atoms with Gasteiger partial charge in [-0.2, -0.15) is 13.2 Å². The molecule has 1 amide bonds. The second kappa shape index (κ2) is 9.87. The molecule has 0 aliphatic carbocycles. The highest BCUT2D eigenvalue weighted by Gasteiger charge is 2.30. The number of hydrogen-bond donors (Lipinski definition) is 2. The summed E-state index contributed by atoms with van der Waals surface area (Å²) in [5.74, 6) is 0.764. The van der Waals surface area contributed by atoms with Crippen LogP contribution in [0.5, 0.6) is 5.75 Å². The Morgan fingerprint density at radius 3 is 2.68 bits per heavy atom. The summed E-state index contributed by atoms with van der Waals surface area (Å²) < 4.78 is 44.9. The number of nitrogens with one attached hydrogen (secondary N) is 2. The van der Waals surface area contributed by atoms with E-state index in [2.05, 4.69) is 25.8 Å². The van der Waals surface area contributed by atoms with E-state index in [4.69, 9.17) is 4.74 Å². The van der Waals surface area contributed by atoms with Crippen LogP contribution in [0.15, 0.2) is 66.9 Å². The van der Waals surface area contributed by atoms with Crippen molar-refractivity contribution in [2.24, 2.45) is 0 Å². The maximum atomic E-state index is 13.0. The molecule has 2 N–H and O–H groups in total. The zero-order valence-corrected chi connectivity index (χ0v) is 18.6. The Labute approximate surface area is 196 Å². The monoisotopic (exact) mass is 485 g/mol. The molecule has 0 atom stereocenters. The molecule has 0 aliphatic heterocycles. The Hall–Kier alpha value is -3.99. The fourth-order valence-corrected chi connectivity index (χ4v) is 3.82. The minimum absolute atomic E-state index is 0.221. The molecule has 2 aromatic heterocycles. The summed E-state index contributed by atoms with van der Waals surface area (Å²) >= 11 is 1.19. The van der Waals surface area contributed by atoms with Crippen LogP contribution in [0.1, 0.15) is 18.1 Å². The first-order chi connectivity index (χ1) is 16.3. The van der Waals surface area contributed by atoms with Gasteiger partial charge in [-0.1, -0.05) is 29.5 Å². The molecule has 11 heteroatoms. The molecule has 0 radical (unpaired) electrons. The standard InChI is InChI=1S/C23H18F3N5O2S/c1-14(32)28-20-11-15(9-10-27-20)13-33-19-8-3-2-7-18(19)21-30-31-22(34-21)29-17-6-4-5-16(12-17)23(24,25)26/h2-12H,13H2,1H3,(H,29,31)(H,27,28,32). The summed E-state index contributed by atoms with van der Waals surface area (Å²) in [5.41, 5.74) is 0.999. The highest BCUT2D eigenvalue weighted by molar-refractivity contribution is 7.18. The topological polar surface area (TPSA) is 89.0 Å². The zero-order chi connectivity index (χ0) is 24.1. The number of pyridine rings is 1. The molecule has 174 valence electrons. The number of para-hydroxylation sites is 1. The van der Waals surface area contributed by atoms with Gasteiger partial charge >= 0.3 is 6.18 Å². The van der Waals surface area contributed by atoms with Crippen molar-refractivity contribution >= 4 is 33.9 Å². The molecule has 0 bridgehead atoms. The van der Waals surface area contributed by atoms with E-state index in [1.165, 1.54) is 30.4 Å². The Morgan fingerprint density at radius 1 is 1.06 bits per heavy atom. The van der Waals surface area contributed by atoms with Crippen molar-refractivity contribution in [3.63, 3.8) is 0 Å². The third kappa shape index (κ3) is 5.87. The fourth-order valence-electron chi connectivity index (χ4n) is 3.02. The van der Waals surface area contributed by atoms with Crippen LogP contribution in [0, 0.1) is 0 Å². The van der Waals surface area contributed by atoms with Gasteiger partial charge in [0.25, 0.3) is 0 Å². The number of carbonyl (C=O) groups excluding carboxylic acids is 1. The lowest BCUT2D eigenvalue weighted by Crippen LogP contribution is -2.08. The van der Waals surface area contributed by atoms with Crippen LogP contribution in [0.4, 0.5) is 29.8 Å². The molecular formula is C23H18F3N5O2S. The van der Waals surface area contributed by atoms with E-state index in [9.17, 15) is 18.0 Å². The molecule has 4 rings (SSSR count). The number of anilines is 3. The predicted octanol–water partition coefficient (Wildman–Crippen LogP) is 5.90. The average molecular weight is 485 g/mol. The van der Waals surface area contributed by atoms with Gasteiger partial charge in [0.05, 0.1) is 11.1 Å². The van der Waals surface area contributed by atoms with Gasteiger partial charge in [0.2, 0.25) is 11.0 Å². The van der Waals surface area contributed by atoms with E-state index in [1.807, 2.05) is 18.2 Å². The molecule has 7 nitrogen and oxygen atoms in total. The number of ether oxygens (including phenoxy) is 1. The van der Waals surface area contributed by atoms with Crippen LogP contribution in [0.2, 0.25) is 0 Å². The van der Waals surface area contributed by atoms with Crippen molar-refractivity contribution in [2.75, 3.05) is 10.6 Å². The first kappa shape index (κ1) is 23.2. The van der Waals surface area contributed by atoms with Gasteiger partial charge in [-0.05, 0) is 48.0 Å². The van der Waals surface area contributed by atoms with Crippen molar-refractivity contribution in [1.82, 2.24) is 15.2 Å². The van der Waals surface area contributed by atoms with Crippen molar-refractivity contribution in [3.05, 3.63) is 78.0 Å². The number of nitrogens with zero attached hydrogens (tertiary/aromatic N) is 3. The van der Waals surface area contributed by atoms with Crippen LogP contribution >= 0.6 is 11.3 Å². The Bertz CT molecular complexity index is 1310. The SMILES string of the molecule is CC(=O)Nc1cc(COc2ccccc2-c2nnc(Nc3cccc(C(F)(F)F)c3)s2)ccn1. The number of amides is 1. The summed E-state index contributed by atoms with van der Waals surface area (Å²) in [6.07, 6.45) is -2.86. The number of halogens is 3. The van der Waals surface area contributed by atoms with Crippen molar-refractivity contribution in [2.45, 2.75) is 19.7 Å². The molecule has 4 aromatic rings. The molecule has 0 saturated heterocycles. The van der Waals surface area contributed by atoms with Gasteiger partial charge in [-0.3, -0.25) is 4.79 Å². The summed E-state index contributed by atoms with van der Waals surface area (Å²) in [4.78, 5) is 15.3. The third-order valence-electron chi connectivity index (χ3n) is 4.51. The largest absolute Gasteiger partial charge is 0.488 e. The van der Waals surface area contributed by atoms with Gasteiger partial charge < -0.3 is 15.4 Å². The summed E-state index contributed by atoms with van der Waals surface area (Å²) in [7, 11) is 0. The maximum Gasteiger partial charge on any atom is 0.416 e. The molecule has 0 aliphatic rings. The summed E-state index contributed by atoms with van der Waals surface area (Å²) in [6.45, 7) is 1.62. The van der Waals surface area contributed by atoms with Crippen LogP contribution in [0.25, 0.3) is 10.6 Å². The lowest BCUT2D eigenvalue weighted by molar-refractivity contribution is -0.137. The van der Waals surface area contributed by atoms with Crippen molar-refractivity contribution in [1.29, 1.82) is 0 Å². The summed E-state index contributed by atoms with van der Waals surface area (Å²) in [6, 6.07) is 15.6. The fraction of sp³-hybridized carbons (Fsp3) is 0.130. The zero-order valence-electron chi connectivity index (χ0n) is 17.8. The van der Waals surface area contributed by atoms with E-state index in [0.717, 1.165) is 17.7 Å². The van der Waals surface area contributed by atoms with Crippen LogP contribution in [-0.2, 0) is 17.6 Å². The van der Waals surface area contributed by atoms with E-state index in [-0.39, 0.29) is 18.2 Å². The maximum absolute atomic E-state index is 13.0. The molecule has 34 heavy (non-hydrogen) atoms. The van der Waals surface area contributed by atoms with Crippen molar-refractivity contribution < 1.29 is 22.7 Å². The van der Waals surface area contributed by atoms with E-state index in [1.54, 1.807) is 24.4 Å². The average Bonchev–Trinajstić information content (AvgIpc) is 3.25. The van der Waals surface area contributed by atoms with Crippen LogP contribution in [0.3, 0.4) is 0 Å². The Morgan fingerprint density at radius 2 is 1.88 bits per heavy atom. The molecule has 2 heterocycles. The quantitative estimate of drug-likeness (QED) is 0.339. The molecule has 0 spiro atoms. The van der Waals surface area contributed by atoms with Gasteiger partial charge in [0, 0.05) is 18.8 Å². The third-order valence-corrected chi connectivity index (χ3v) is 5.38. The Balaban J connectivity index is 1.49. The van der Waals surface area contributed by atoms with Crippen LogP contribution < -0.4 is 15.4 Å². The second-order valence-electron chi connectivity index (χ2n) is 7.13. The molecule has 0 fully saturated rings. The van der Waals surface area contributed by atoms with Gasteiger partial charge in [0.1, 0.15) is 18.2 Å². The predicted molar refractivity (Wildman–Crippen MR) is 123 cm³/mol. The number of carbonyl (C=O) groups is 1. The van der Waals surface area contributed by atoms with E-state index >= 15 is 0 Å². The van der Waals surface area contributed by atoms with Crippen LogP contribution in [-0.4, -0.2) is 21.1 Å². The highest BCUT2D eigenvalue weighted by Crippen LogP contribution is 2.36. The highest BCUT2D eigenvalue weighted by atomic mass is 32.1. The number of rotatable bonds is 7. The van der Waals surface area contributed by atoms with Crippen molar-refractivity contribution in [3.8, 4) is 16.3 Å². The molecule has 0 unspecified atom stereocenters. The second-order valence-corrected chi connectivity index (χ2v) is 8.11. The number of aromatic nitrogens is 3. The number of benzene rings is 2. The first-order valence-corrected chi connectivity index (χ1v) is 10.8. The molecule has 2 aromatic carbocycles. The van der Waals surface area contributed by atoms with E-state index in [0.29, 0.717) is 27.3 Å². The van der Waals surface area contributed by atoms with Gasteiger partial charge in [-0.25, -0.2) is 4.98 Å². The number of alkyl halides is 3. The summed E-state index contributed by atoms with van der Waals surface area (Å²) in [5, 5.41) is 14.6. The first-order valence-electron chi connectivity index (χ1n) is 10.0. The smallest absolute Gasteiger partial charge is 0.416 e. The lowest BCUT2D eigenvalue weighted by atomic mass is 10.2. The van der Waals surface area contributed by atoms with E-state index < -0.39 is 11.7 Å². The Kier molecular flexibility index (Phi) is 6.73. The minimum Gasteiger partial charge on any atom is -0.488 e. The lowest BCUT2D eigenvalue weighted by Gasteiger charge is -2.10. The molecule has 0 saturated carbocycles. The normalized spacial score (nSPS) is 11.2. The minimum atomic E-state index is -4.43.